The predicted molar refractivity (Wildman–Crippen MR) is 73.7 cm³/mol. The Kier molecular flexibility index (Phi) is 6.25. The molecule has 3 nitrogen and oxygen atoms in total. The smallest absolute Gasteiger partial charge is 0.395 e. The van der Waals surface area contributed by atoms with E-state index in [2.05, 4.69) is 4.74 Å². The van der Waals surface area contributed by atoms with Crippen LogP contribution in [0.15, 0.2) is 0 Å². The highest BCUT2D eigenvalue weighted by Crippen LogP contribution is 2.54. The van der Waals surface area contributed by atoms with Crippen LogP contribution in [0.2, 0.25) is 0 Å². The summed E-state index contributed by atoms with van der Waals surface area (Å²) >= 11 is 1.95. The normalized spacial score (nSPS) is 21.9. The van der Waals surface area contributed by atoms with Gasteiger partial charge in [0.2, 0.25) is 0 Å². The molecule has 1 aliphatic heterocycles. The van der Waals surface area contributed by atoms with Crippen molar-refractivity contribution in [3.05, 3.63) is 0 Å². The molecule has 0 amide bonds. The zero-order chi connectivity index (χ0) is 15.4. The van der Waals surface area contributed by atoms with Crippen LogP contribution in [0.5, 0.6) is 0 Å². The van der Waals surface area contributed by atoms with Crippen LogP contribution in [0.4, 0.5) is 13.2 Å². The molecule has 20 heavy (non-hydrogen) atoms. The third-order valence-corrected chi connectivity index (χ3v) is 6.35. The van der Waals surface area contributed by atoms with Crippen LogP contribution in [-0.2, 0) is 14.3 Å². The molecule has 0 saturated carbocycles. The second kappa shape index (κ2) is 7.06. The predicted octanol–water partition coefficient (Wildman–Crippen LogP) is 3.13. The van der Waals surface area contributed by atoms with Crippen LogP contribution in [0.25, 0.3) is 0 Å². The number of thioether (sulfide) groups is 2. The van der Waals surface area contributed by atoms with Gasteiger partial charge in [0.05, 0.1) is 18.4 Å². The second-order valence-electron chi connectivity index (χ2n) is 4.45. The van der Waals surface area contributed by atoms with Crippen molar-refractivity contribution in [2.75, 3.05) is 18.1 Å². The molecule has 0 N–H and O–H groups in total. The van der Waals surface area contributed by atoms with Crippen molar-refractivity contribution in [1.82, 2.24) is 0 Å². The fourth-order valence-electron chi connectivity index (χ4n) is 2.15. The molecular weight excluding hydrogens is 313 g/mol. The van der Waals surface area contributed by atoms with Gasteiger partial charge in [-0.05, 0) is 24.9 Å². The average molecular weight is 330 g/mol. The van der Waals surface area contributed by atoms with E-state index in [1.54, 1.807) is 0 Å². The highest BCUT2D eigenvalue weighted by Gasteiger charge is 2.59. The number of alkyl halides is 3. The van der Waals surface area contributed by atoms with E-state index in [1.807, 2.05) is 0 Å². The lowest BCUT2D eigenvalue weighted by molar-refractivity contribution is -0.198. The average Bonchev–Trinajstić information content (AvgIpc) is 2.38. The number of hydrogen-bond donors (Lipinski definition) is 0. The Labute approximate surface area is 124 Å². The summed E-state index contributed by atoms with van der Waals surface area (Å²) in [5, 5.41) is 0. The van der Waals surface area contributed by atoms with Gasteiger partial charge in [0.15, 0.2) is 0 Å². The third kappa shape index (κ3) is 3.84. The van der Waals surface area contributed by atoms with Crippen molar-refractivity contribution in [1.29, 1.82) is 0 Å². The summed E-state index contributed by atoms with van der Waals surface area (Å²) in [6.45, 7) is 2.73. The summed E-state index contributed by atoms with van der Waals surface area (Å²) < 4.78 is 43.2. The Bertz CT molecular complexity index is 354. The topological polar surface area (TPSA) is 43.4 Å². The van der Waals surface area contributed by atoms with E-state index in [9.17, 15) is 22.8 Å². The molecular formula is C12H17F3O3S2. The molecule has 0 radical (unpaired) electrons. The number of esters is 1. The summed E-state index contributed by atoms with van der Waals surface area (Å²) in [6.07, 6.45) is -3.54. The Morgan fingerprint density at radius 1 is 1.40 bits per heavy atom. The van der Waals surface area contributed by atoms with Gasteiger partial charge in [-0.1, -0.05) is 6.92 Å². The van der Waals surface area contributed by atoms with E-state index in [0.717, 1.165) is 29.9 Å². The van der Waals surface area contributed by atoms with Crippen LogP contribution in [-0.4, -0.2) is 40.6 Å². The van der Waals surface area contributed by atoms with E-state index in [1.165, 1.54) is 13.8 Å². The Morgan fingerprint density at radius 3 is 2.35 bits per heavy atom. The largest absolute Gasteiger partial charge is 0.466 e. The molecule has 1 heterocycles. The van der Waals surface area contributed by atoms with Gasteiger partial charge in [-0.2, -0.15) is 13.2 Å². The van der Waals surface area contributed by atoms with Crippen LogP contribution < -0.4 is 0 Å². The highest BCUT2D eigenvalue weighted by atomic mass is 32.2. The van der Waals surface area contributed by atoms with Gasteiger partial charge in [0.25, 0.3) is 0 Å². The zero-order valence-electron chi connectivity index (χ0n) is 11.2. The first-order chi connectivity index (χ1) is 9.28. The highest BCUT2D eigenvalue weighted by molar-refractivity contribution is 8.19. The molecule has 1 aliphatic rings. The minimum Gasteiger partial charge on any atom is -0.466 e. The number of aldehydes is 1. The van der Waals surface area contributed by atoms with E-state index < -0.39 is 28.1 Å². The molecule has 116 valence electrons. The molecule has 2 atom stereocenters. The number of carbonyl (C=O) groups is 2. The van der Waals surface area contributed by atoms with Gasteiger partial charge in [0, 0.05) is 0 Å². The maximum absolute atomic E-state index is 13.4. The molecule has 0 aromatic carbocycles. The minimum absolute atomic E-state index is 0.0160. The van der Waals surface area contributed by atoms with Crippen LogP contribution in [0.1, 0.15) is 20.3 Å². The van der Waals surface area contributed by atoms with Crippen LogP contribution >= 0.6 is 23.5 Å². The maximum atomic E-state index is 13.4. The van der Waals surface area contributed by atoms with Crippen LogP contribution in [0, 0.1) is 11.8 Å². The molecule has 1 saturated heterocycles. The Morgan fingerprint density at radius 2 is 1.95 bits per heavy atom. The van der Waals surface area contributed by atoms with E-state index >= 15 is 0 Å². The summed E-state index contributed by atoms with van der Waals surface area (Å²) in [6, 6.07) is 0. The molecule has 0 aromatic heterocycles. The minimum atomic E-state index is -4.63. The maximum Gasteiger partial charge on any atom is 0.395 e. The third-order valence-electron chi connectivity index (χ3n) is 3.05. The number of hydrogen-bond acceptors (Lipinski definition) is 5. The first-order valence-corrected chi connectivity index (χ1v) is 8.23. The number of ether oxygens (including phenoxy) is 1. The standard InChI is InChI=1S/C12H17F3O3S2/c1-3-18-10(17)8(2)9(12(13,14)15)11(7-16)19-5-4-6-20-11/h7-9H,3-6H2,1-2H3. The lowest BCUT2D eigenvalue weighted by atomic mass is 9.90. The van der Waals surface area contributed by atoms with Gasteiger partial charge < -0.3 is 9.53 Å². The van der Waals surface area contributed by atoms with Gasteiger partial charge in [-0.3, -0.25) is 4.79 Å². The molecule has 0 spiro atoms. The van der Waals surface area contributed by atoms with Crippen LogP contribution in [0.3, 0.4) is 0 Å². The molecule has 1 rings (SSSR count). The van der Waals surface area contributed by atoms with Crippen molar-refractivity contribution in [3.8, 4) is 0 Å². The zero-order valence-corrected chi connectivity index (χ0v) is 12.9. The Balaban J connectivity index is 3.10. The molecule has 0 bridgehead atoms. The summed E-state index contributed by atoms with van der Waals surface area (Å²) in [5.74, 6) is -3.40. The van der Waals surface area contributed by atoms with Crippen molar-refractivity contribution in [3.63, 3.8) is 0 Å². The summed E-state index contributed by atoms with van der Waals surface area (Å²) in [5.41, 5.74) is 0. The van der Waals surface area contributed by atoms with Crippen molar-refractivity contribution >= 4 is 35.8 Å². The fourth-order valence-corrected chi connectivity index (χ4v) is 5.56. The van der Waals surface area contributed by atoms with Gasteiger partial charge >= 0.3 is 12.1 Å². The number of rotatable bonds is 5. The lowest BCUT2D eigenvalue weighted by Crippen LogP contribution is -2.49. The number of carbonyl (C=O) groups excluding carboxylic acids is 2. The monoisotopic (exact) mass is 330 g/mol. The van der Waals surface area contributed by atoms with Gasteiger partial charge in [-0.15, -0.1) is 23.5 Å². The van der Waals surface area contributed by atoms with Crippen molar-refractivity contribution < 1.29 is 27.5 Å². The summed E-state index contributed by atoms with van der Waals surface area (Å²) in [7, 11) is 0. The SMILES string of the molecule is CCOC(=O)C(C)C(C(F)(F)F)C1(C=O)SCCCS1. The molecule has 0 aromatic rings. The molecule has 8 heteroatoms. The van der Waals surface area contributed by atoms with Gasteiger partial charge in [0.1, 0.15) is 10.4 Å². The van der Waals surface area contributed by atoms with E-state index in [4.69, 9.17) is 0 Å². The fraction of sp³-hybridized carbons (Fsp3) is 0.833. The van der Waals surface area contributed by atoms with Crippen molar-refractivity contribution in [2.45, 2.75) is 30.5 Å². The quantitative estimate of drug-likeness (QED) is 0.572. The molecule has 1 fully saturated rings. The molecule has 0 aliphatic carbocycles. The molecule has 2 unspecified atom stereocenters. The second-order valence-corrected chi connectivity index (χ2v) is 7.45. The van der Waals surface area contributed by atoms with Crippen molar-refractivity contribution in [2.24, 2.45) is 11.8 Å². The van der Waals surface area contributed by atoms with Gasteiger partial charge in [-0.25, -0.2) is 0 Å². The first-order valence-electron chi connectivity index (χ1n) is 6.26. The van der Waals surface area contributed by atoms with E-state index in [0.29, 0.717) is 17.8 Å². The Hall–Kier alpha value is -0.370. The summed E-state index contributed by atoms with van der Waals surface area (Å²) in [4.78, 5) is 23.0. The first kappa shape index (κ1) is 17.7. The lowest BCUT2D eigenvalue weighted by Gasteiger charge is -2.40. The van der Waals surface area contributed by atoms with E-state index in [-0.39, 0.29) is 6.61 Å². The number of halogens is 3.